The number of esters is 1. The second-order valence-corrected chi connectivity index (χ2v) is 4.76. The monoisotopic (exact) mass is 251 g/mol. The molecule has 1 unspecified atom stereocenters. The van der Waals surface area contributed by atoms with Gasteiger partial charge in [-0.2, -0.15) is 0 Å². The molecule has 1 fully saturated rings. The lowest BCUT2D eigenvalue weighted by atomic mass is 10.1. The van der Waals surface area contributed by atoms with E-state index < -0.39 is 6.04 Å². The summed E-state index contributed by atoms with van der Waals surface area (Å²) in [6, 6.07) is 0.00913. The Morgan fingerprint density at radius 1 is 1.61 bits per heavy atom. The maximum absolute atomic E-state index is 12.1. The fourth-order valence-electron chi connectivity index (χ4n) is 2.47. The lowest BCUT2D eigenvalue weighted by Crippen LogP contribution is -2.37. The molecule has 1 heterocycles. The van der Waals surface area contributed by atoms with Gasteiger partial charge < -0.3 is 9.30 Å². The Morgan fingerprint density at radius 2 is 2.33 bits per heavy atom. The number of ether oxygens (including phenoxy) is 1. The third-order valence-corrected chi connectivity index (χ3v) is 3.43. The quantitative estimate of drug-likeness (QED) is 0.807. The van der Waals surface area contributed by atoms with Crippen LogP contribution in [0.25, 0.3) is 0 Å². The van der Waals surface area contributed by atoms with Crippen LogP contribution in [0.15, 0.2) is 12.5 Å². The second kappa shape index (κ2) is 6.00. The summed E-state index contributed by atoms with van der Waals surface area (Å²) >= 11 is 0. The molecule has 5 nitrogen and oxygen atoms in total. The molecular formula is C13H21N3O2. The summed E-state index contributed by atoms with van der Waals surface area (Å²) in [5, 5.41) is 3.41. The topological polar surface area (TPSA) is 56.1 Å². The van der Waals surface area contributed by atoms with Gasteiger partial charge in [0.05, 0.1) is 24.8 Å². The molecule has 2 rings (SSSR count). The average molecular weight is 251 g/mol. The van der Waals surface area contributed by atoms with E-state index in [0.29, 0.717) is 12.6 Å². The predicted molar refractivity (Wildman–Crippen MR) is 68.0 cm³/mol. The molecule has 0 amide bonds. The maximum Gasteiger partial charge on any atom is 0.329 e. The van der Waals surface area contributed by atoms with E-state index in [9.17, 15) is 4.79 Å². The van der Waals surface area contributed by atoms with Crippen LogP contribution in [0.1, 0.15) is 44.3 Å². The zero-order valence-corrected chi connectivity index (χ0v) is 11.1. The first-order chi connectivity index (χ1) is 8.72. The molecule has 1 aliphatic rings. The maximum atomic E-state index is 12.1. The molecule has 100 valence electrons. The number of nitrogens with zero attached hydrogens (tertiary/aromatic N) is 2. The first-order valence-electron chi connectivity index (χ1n) is 6.61. The van der Waals surface area contributed by atoms with Gasteiger partial charge in [0, 0.05) is 13.1 Å². The lowest BCUT2D eigenvalue weighted by Gasteiger charge is -2.21. The first-order valence-corrected chi connectivity index (χ1v) is 6.61. The van der Waals surface area contributed by atoms with Crippen molar-refractivity contribution in [1.82, 2.24) is 14.9 Å². The Labute approximate surface area is 108 Å². The third kappa shape index (κ3) is 2.90. The van der Waals surface area contributed by atoms with Crippen molar-refractivity contribution in [2.75, 3.05) is 6.61 Å². The molecule has 1 aromatic heterocycles. The van der Waals surface area contributed by atoms with Crippen molar-refractivity contribution in [3.63, 3.8) is 0 Å². The van der Waals surface area contributed by atoms with Gasteiger partial charge in [-0.3, -0.25) is 5.32 Å². The van der Waals surface area contributed by atoms with Gasteiger partial charge in [-0.15, -0.1) is 0 Å². The van der Waals surface area contributed by atoms with E-state index in [4.69, 9.17) is 4.74 Å². The van der Waals surface area contributed by atoms with E-state index in [2.05, 4.69) is 10.3 Å². The summed E-state index contributed by atoms with van der Waals surface area (Å²) in [4.78, 5) is 16.1. The number of aromatic nitrogens is 2. The summed E-state index contributed by atoms with van der Waals surface area (Å²) in [7, 11) is 1.89. The Kier molecular flexibility index (Phi) is 4.36. The van der Waals surface area contributed by atoms with Crippen LogP contribution in [0.5, 0.6) is 0 Å². The molecule has 1 aliphatic carbocycles. The highest BCUT2D eigenvalue weighted by atomic mass is 16.5. The van der Waals surface area contributed by atoms with Crippen LogP contribution in [-0.2, 0) is 16.6 Å². The standard InChI is InChI=1S/C13H21N3O2/c1-3-18-13(17)12(11-8-14-9-16(11)2)15-10-6-4-5-7-10/h8-10,12,15H,3-7H2,1-2H3. The van der Waals surface area contributed by atoms with Crippen molar-refractivity contribution in [2.45, 2.75) is 44.7 Å². The molecule has 5 heteroatoms. The molecule has 0 radical (unpaired) electrons. The molecule has 18 heavy (non-hydrogen) atoms. The van der Waals surface area contributed by atoms with Crippen LogP contribution in [0.2, 0.25) is 0 Å². The molecule has 0 bridgehead atoms. The van der Waals surface area contributed by atoms with Crippen LogP contribution in [0.3, 0.4) is 0 Å². The number of imidazole rings is 1. The number of rotatable bonds is 5. The van der Waals surface area contributed by atoms with Gasteiger partial charge in [0.2, 0.25) is 0 Å². The van der Waals surface area contributed by atoms with Crippen LogP contribution in [-0.4, -0.2) is 28.2 Å². The molecular weight excluding hydrogens is 230 g/mol. The number of hydrogen-bond acceptors (Lipinski definition) is 4. The zero-order valence-electron chi connectivity index (χ0n) is 11.1. The molecule has 0 aliphatic heterocycles. The van der Waals surface area contributed by atoms with Crippen LogP contribution in [0, 0.1) is 0 Å². The van der Waals surface area contributed by atoms with Crippen LogP contribution >= 0.6 is 0 Å². The molecule has 1 atom stereocenters. The molecule has 1 saturated carbocycles. The number of aryl methyl sites for hydroxylation is 1. The van der Waals surface area contributed by atoms with Gasteiger partial charge in [-0.25, -0.2) is 9.78 Å². The van der Waals surface area contributed by atoms with Crippen molar-refractivity contribution in [3.05, 3.63) is 18.2 Å². The van der Waals surface area contributed by atoms with Crippen molar-refractivity contribution >= 4 is 5.97 Å². The highest BCUT2D eigenvalue weighted by molar-refractivity contribution is 5.77. The van der Waals surface area contributed by atoms with Crippen molar-refractivity contribution in [1.29, 1.82) is 0 Å². The fourth-order valence-corrected chi connectivity index (χ4v) is 2.47. The zero-order chi connectivity index (χ0) is 13.0. The summed E-state index contributed by atoms with van der Waals surface area (Å²) in [6.07, 6.45) is 8.17. The SMILES string of the molecule is CCOC(=O)C(NC1CCCC1)c1cncn1C. The van der Waals surface area contributed by atoms with E-state index in [1.807, 2.05) is 18.5 Å². The van der Waals surface area contributed by atoms with Crippen LogP contribution in [0.4, 0.5) is 0 Å². The Bertz CT molecular complexity index is 397. The minimum atomic E-state index is -0.402. The Hall–Kier alpha value is -1.36. The van der Waals surface area contributed by atoms with E-state index in [0.717, 1.165) is 18.5 Å². The summed E-state index contributed by atoms with van der Waals surface area (Å²) < 4.78 is 7.02. The van der Waals surface area contributed by atoms with Crippen molar-refractivity contribution in [3.8, 4) is 0 Å². The van der Waals surface area contributed by atoms with Gasteiger partial charge in [-0.05, 0) is 19.8 Å². The Morgan fingerprint density at radius 3 is 2.89 bits per heavy atom. The third-order valence-electron chi connectivity index (χ3n) is 3.43. The summed E-state index contributed by atoms with van der Waals surface area (Å²) in [6.45, 7) is 2.23. The highest BCUT2D eigenvalue weighted by Gasteiger charge is 2.28. The number of nitrogens with one attached hydrogen (secondary N) is 1. The van der Waals surface area contributed by atoms with E-state index >= 15 is 0 Å². The molecule has 0 saturated heterocycles. The number of carbonyl (C=O) groups is 1. The van der Waals surface area contributed by atoms with Gasteiger partial charge >= 0.3 is 5.97 Å². The smallest absolute Gasteiger partial charge is 0.329 e. The van der Waals surface area contributed by atoms with Crippen LogP contribution < -0.4 is 5.32 Å². The van der Waals surface area contributed by atoms with Crippen molar-refractivity contribution < 1.29 is 9.53 Å². The fraction of sp³-hybridized carbons (Fsp3) is 0.692. The van der Waals surface area contributed by atoms with E-state index in [1.54, 1.807) is 12.5 Å². The van der Waals surface area contributed by atoms with E-state index in [-0.39, 0.29) is 5.97 Å². The van der Waals surface area contributed by atoms with Gasteiger partial charge in [-0.1, -0.05) is 12.8 Å². The molecule has 1 N–H and O–H groups in total. The molecule has 1 aromatic rings. The van der Waals surface area contributed by atoms with Gasteiger partial charge in [0.25, 0.3) is 0 Å². The minimum Gasteiger partial charge on any atom is -0.465 e. The number of hydrogen-bond donors (Lipinski definition) is 1. The summed E-state index contributed by atoms with van der Waals surface area (Å²) in [5.41, 5.74) is 0.861. The highest BCUT2D eigenvalue weighted by Crippen LogP contribution is 2.22. The molecule has 0 spiro atoms. The Balaban J connectivity index is 2.11. The molecule has 0 aromatic carbocycles. The predicted octanol–water partition coefficient (Wildman–Crippen LogP) is 1.56. The lowest BCUT2D eigenvalue weighted by molar-refractivity contribution is -0.146. The van der Waals surface area contributed by atoms with E-state index in [1.165, 1.54) is 12.8 Å². The van der Waals surface area contributed by atoms with Crippen molar-refractivity contribution in [2.24, 2.45) is 7.05 Å². The minimum absolute atomic E-state index is 0.215. The second-order valence-electron chi connectivity index (χ2n) is 4.76. The largest absolute Gasteiger partial charge is 0.465 e. The van der Waals surface area contributed by atoms with Gasteiger partial charge in [0.1, 0.15) is 6.04 Å². The first kappa shape index (κ1) is 13.1. The number of carbonyl (C=O) groups excluding carboxylic acids is 1. The average Bonchev–Trinajstić information content (AvgIpc) is 2.97. The normalized spacial score (nSPS) is 17.9. The summed E-state index contributed by atoms with van der Waals surface area (Å²) in [5.74, 6) is -0.215. The van der Waals surface area contributed by atoms with Gasteiger partial charge in [0.15, 0.2) is 0 Å².